The number of rotatable bonds is 5. The molecule has 2 heterocycles. The van der Waals surface area contributed by atoms with Gasteiger partial charge in [-0.05, 0) is 36.6 Å². The molecule has 1 aromatic carbocycles. The quantitative estimate of drug-likeness (QED) is 0.881. The number of ether oxygens (including phenoxy) is 1. The highest BCUT2D eigenvalue weighted by Crippen LogP contribution is 2.29. The van der Waals surface area contributed by atoms with Crippen molar-refractivity contribution in [2.24, 2.45) is 0 Å². The summed E-state index contributed by atoms with van der Waals surface area (Å²) in [5.41, 5.74) is 0.584. The summed E-state index contributed by atoms with van der Waals surface area (Å²) in [7, 11) is 0. The number of hydrogen-bond donors (Lipinski definition) is 1. The van der Waals surface area contributed by atoms with E-state index in [9.17, 15) is 4.79 Å². The fraction of sp³-hybridized carbons (Fsp3) is 0.389. The van der Waals surface area contributed by atoms with Crippen molar-refractivity contribution in [1.29, 1.82) is 0 Å². The fourth-order valence-corrected chi connectivity index (χ4v) is 4.21. The van der Waals surface area contributed by atoms with Crippen LogP contribution in [0.3, 0.4) is 0 Å². The van der Waals surface area contributed by atoms with Crippen LogP contribution in [0.1, 0.15) is 28.2 Å². The van der Waals surface area contributed by atoms with Crippen LogP contribution in [-0.4, -0.2) is 43.2 Å². The van der Waals surface area contributed by atoms with Gasteiger partial charge in [-0.2, -0.15) is 0 Å². The minimum atomic E-state index is -0.0974. The maximum absolute atomic E-state index is 12.6. The van der Waals surface area contributed by atoms with Crippen molar-refractivity contribution >= 4 is 28.8 Å². The summed E-state index contributed by atoms with van der Waals surface area (Å²) in [5.74, 6) is -0.0974. The number of nitrogens with zero attached hydrogens (tertiary/aromatic N) is 1. The van der Waals surface area contributed by atoms with Crippen LogP contribution in [0, 0.1) is 0 Å². The molecule has 0 saturated carbocycles. The molecule has 0 spiro atoms. The molecule has 128 valence electrons. The van der Waals surface area contributed by atoms with Gasteiger partial charge in [-0.3, -0.25) is 9.69 Å². The van der Waals surface area contributed by atoms with Gasteiger partial charge in [-0.15, -0.1) is 11.3 Å². The summed E-state index contributed by atoms with van der Waals surface area (Å²) in [6.45, 7) is 5.27. The molecular weight excluding hydrogens is 344 g/mol. The molecule has 6 heteroatoms. The van der Waals surface area contributed by atoms with Crippen LogP contribution in [-0.2, 0) is 4.74 Å². The molecule has 1 fully saturated rings. The first-order valence-corrected chi connectivity index (χ1v) is 9.32. The second-order valence-electron chi connectivity index (χ2n) is 5.88. The lowest BCUT2D eigenvalue weighted by Crippen LogP contribution is -2.48. The number of halogens is 1. The molecule has 24 heavy (non-hydrogen) atoms. The van der Waals surface area contributed by atoms with Crippen molar-refractivity contribution in [2.75, 3.05) is 26.3 Å². The van der Waals surface area contributed by atoms with Gasteiger partial charge < -0.3 is 10.1 Å². The Kier molecular flexibility index (Phi) is 5.89. The number of benzene rings is 1. The number of hydrogen-bond acceptors (Lipinski definition) is 4. The van der Waals surface area contributed by atoms with E-state index in [0.717, 1.165) is 26.3 Å². The topological polar surface area (TPSA) is 41.6 Å². The van der Waals surface area contributed by atoms with Crippen molar-refractivity contribution in [3.63, 3.8) is 0 Å². The third-order valence-corrected chi connectivity index (χ3v) is 5.37. The summed E-state index contributed by atoms with van der Waals surface area (Å²) < 4.78 is 5.47. The second kappa shape index (κ2) is 8.12. The zero-order chi connectivity index (χ0) is 16.9. The van der Waals surface area contributed by atoms with Gasteiger partial charge in [0.05, 0.1) is 19.3 Å². The van der Waals surface area contributed by atoms with Gasteiger partial charge in [0, 0.05) is 34.6 Å². The zero-order valence-corrected chi connectivity index (χ0v) is 15.1. The molecule has 0 unspecified atom stereocenters. The average Bonchev–Trinajstić information content (AvgIpc) is 3.10. The molecule has 0 bridgehead atoms. The predicted octanol–water partition coefficient (Wildman–Crippen LogP) is 3.59. The van der Waals surface area contributed by atoms with E-state index in [1.165, 1.54) is 4.88 Å². The average molecular weight is 365 g/mol. The van der Waals surface area contributed by atoms with Crippen molar-refractivity contribution in [3.05, 3.63) is 57.2 Å². The molecule has 1 aliphatic heterocycles. The summed E-state index contributed by atoms with van der Waals surface area (Å²) in [6, 6.07) is 11.3. The van der Waals surface area contributed by atoms with Gasteiger partial charge >= 0.3 is 0 Å². The third-order valence-electron chi connectivity index (χ3n) is 4.19. The molecule has 1 amide bonds. The van der Waals surface area contributed by atoms with Crippen molar-refractivity contribution in [3.8, 4) is 0 Å². The Balaban J connectivity index is 1.75. The highest BCUT2D eigenvalue weighted by Gasteiger charge is 2.29. The predicted molar refractivity (Wildman–Crippen MR) is 97.8 cm³/mol. The first-order chi connectivity index (χ1) is 11.6. The molecule has 1 aromatic heterocycles. The van der Waals surface area contributed by atoms with Crippen LogP contribution in [0.15, 0.2) is 41.8 Å². The van der Waals surface area contributed by atoms with E-state index in [0.29, 0.717) is 10.6 Å². The first-order valence-electron chi connectivity index (χ1n) is 8.07. The minimum Gasteiger partial charge on any atom is -0.379 e. The molecule has 1 aliphatic rings. The van der Waals surface area contributed by atoms with E-state index in [1.54, 1.807) is 35.6 Å². The third kappa shape index (κ3) is 4.16. The van der Waals surface area contributed by atoms with E-state index in [2.05, 4.69) is 34.7 Å². The Bertz CT molecular complexity index is 671. The molecule has 2 atom stereocenters. The Morgan fingerprint density at radius 1 is 1.29 bits per heavy atom. The van der Waals surface area contributed by atoms with E-state index in [-0.39, 0.29) is 18.0 Å². The van der Waals surface area contributed by atoms with E-state index >= 15 is 0 Å². The molecule has 1 saturated heterocycles. The van der Waals surface area contributed by atoms with Gasteiger partial charge in [0.25, 0.3) is 5.91 Å². The van der Waals surface area contributed by atoms with Crippen molar-refractivity contribution < 1.29 is 9.53 Å². The Morgan fingerprint density at radius 3 is 2.75 bits per heavy atom. The van der Waals surface area contributed by atoms with Gasteiger partial charge in [0.2, 0.25) is 0 Å². The molecule has 4 nitrogen and oxygen atoms in total. The SMILES string of the molecule is C[C@@H](NC(=O)c1cccc(Cl)c1)[C@@H](c1cccs1)N1CCOCC1. The number of carbonyl (C=O) groups excluding carboxylic acids is 1. The monoisotopic (exact) mass is 364 g/mol. The summed E-state index contributed by atoms with van der Waals surface area (Å²) in [6.07, 6.45) is 0. The Morgan fingerprint density at radius 2 is 2.08 bits per heavy atom. The molecule has 3 rings (SSSR count). The van der Waals surface area contributed by atoms with Gasteiger partial charge in [0.1, 0.15) is 0 Å². The van der Waals surface area contributed by atoms with Crippen LogP contribution < -0.4 is 5.32 Å². The van der Waals surface area contributed by atoms with Gasteiger partial charge in [0.15, 0.2) is 0 Å². The van der Waals surface area contributed by atoms with E-state index in [4.69, 9.17) is 16.3 Å². The van der Waals surface area contributed by atoms with Crippen molar-refractivity contribution in [2.45, 2.75) is 19.0 Å². The smallest absolute Gasteiger partial charge is 0.251 e. The standard InChI is InChI=1S/C18H21ClN2O2S/c1-13(20-18(22)14-4-2-5-15(19)12-14)17(16-6-3-11-24-16)21-7-9-23-10-8-21/h2-6,11-13,17H,7-10H2,1H3,(H,20,22)/t13-,17+/m1/s1. The molecule has 0 radical (unpaired) electrons. The van der Waals surface area contributed by atoms with E-state index in [1.807, 2.05) is 0 Å². The molecule has 2 aromatic rings. The number of amides is 1. The maximum Gasteiger partial charge on any atom is 0.251 e. The van der Waals surface area contributed by atoms with Crippen LogP contribution in [0.2, 0.25) is 5.02 Å². The maximum atomic E-state index is 12.6. The second-order valence-corrected chi connectivity index (χ2v) is 7.30. The lowest BCUT2D eigenvalue weighted by Gasteiger charge is -2.37. The number of thiophene rings is 1. The van der Waals surface area contributed by atoms with Crippen LogP contribution >= 0.6 is 22.9 Å². The van der Waals surface area contributed by atoms with Crippen LogP contribution in [0.4, 0.5) is 0 Å². The molecule has 1 N–H and O–H groups in total. The molecular formula is C18H21ClN2O2S. The van der Waals surface area contributed by atoms with E-state index < -0.39 is 0 Å². The highest BCUT2D eigenvalue weighted by atomic mass is 35.5. The van der Waals surface area contributed by atoms with Crippen LogP contribution in [0.5, 0.6) is 0 Å². The van der Waals surface area contributed by atoms with Gasteiger partial charge in [-0.1, -0.05) is 23.7 Å². The normalized spacial score (nSPS) is 18.1. The zero-order valence-electron chi connectivity index (χ0n) is 13.6. The summed E-state index contributed by atoms with van der Waals surface area (Å²) >= 11 is 7.71. The van der Waals surface area contributed by atoms with Crippen LogP contribution in [0.25, 0.3) is 0 Å². The molecule has 0 aliphatic carbocycles. The lowest BCUT2D eigenvalue weighted by atomic mass is 10.0. The number of nitrogens with one attached hydrogen (secondary N) is 1. The fourth-order valence-electron chi connectivity index (χ4n) is 3.06. The van der Waals surface area contributed by atoms with Crippen molar-refractivity contribution in [1.82, 2.24) is 10.2 Å². The largest absolute Gasteiger partial charge is 0.379 e. The number of morpholine rings is 1. The summed E-state index contributed by atoms with van der Waals surface area (Å²) in [4.78, 5) is 16.2. The minimum absolute atomic E-state index is 0.0202. The first kappa shape index (κ1) is 17.4. The highest BCUT2D eigenvalue weighted by molar-refractivity contribution is 7.10. The Hall–Kier alpha value is -1.40. The summed E-state index contributed by atoms with van der Waals surface area (Å²) in [5, 5.41) is 5.78. The Labute approximate surface area is 151 Å². The number of carbonyl (C=O) groups is 1. The van der Waals surface area contributed by atoms with Gasteiger partial charge in [-0.25, -0.2) is 0 Å². The lowest BCUT2D eigenvalue weighted by molar-refractivity contribution is 0.00969.